The van der Waals surface area contributed by atoms with Crippen molar-refractivity contribution in [3.63, 3.8) is 0 Å². The summed E-state index contributed by atoms with van der Waals surface area (Å²) in [6.45, 7) is 4.45. The lowest BCUT2D eigenvalue weighted by atomic mass is 10.2. The Labute approximate surface area is 138 Å². The fourth-order valence-corrected chi connectivity index (χ4v) is 2.79. The third-order valence-electron chi connectivity index (χ3n) is 4.00. The first-order valence-corrected chi connectivity index (χ1v) is 8.59. The van der Waals surface area contributed by atoms with Gasteiger partial charge < -0.3 is 10.6 Å². The van der Waals surface area contributed by atoms with Crippen LogP contribution in [0.5, 0.6) is 0 Å². The van der Waals surface area contributed by atoms with Gasteiger partial charge in [-0.1, -0.05) is 19.8 Å². The first-order chi connectivity index (χ1) is 11.2. The predicted molar refractivity (Wildman–Crippen MR) is 93.5 cm³/mol. The lowest BCUT2D eigenvalue weighted by Gasteiger charge is -2.19. The van der Waals surface area contributed by atoms with Crippen LogP contribution in [0.1, 0.15) is 45.4 Å². The van der Waals surface area contributed by atoms with Gasteiger partial charge >= 0.3 is 0 Å². The van der Waals surface area contributed by atoms with Gasteiger partial charge in [0.1, 0.15) is 0 Å². The van der Waals surface area contributed by atoms with Crippen LogP contribution in [-0.4, -0.2) is 36.3 Å². The summed E-state index contributed by atoms with van der Waals surface area (Å²) in [5, 5.41) is 5.76. The first kappa shape index (κ1) is 17.5. The van der Waals surface area contributed by atoms with E-state index >= 15 is 0 Å². The molecule has 0 aliphatic carbocycles. The van der Waals surface area contributed by atoms with Gasteiger partial charge in [-0.3, -0.25) is 14.5 Å². The van der Waals surface area contributed by atoms with Crippen LogP contribution in [0.2, 0.25) is 0 Å². The molecule has 2 amide bonds. The highest BCUT2D eigenvalue weighted by Gasteiger charge is 2.13. The van der Waals surface area contributed by atoms with Crippen LogP contribution in [0.15, 0.2) is 24.3 Å². The normalized spacial score (nSPS) is 15.7. The third kappa shape index (κ3) is 6.40. The summed E-state index contributed by atoms with van der Waals surface area (Å²) >= 11 is 0. The summed E-state index contributed by atoms with van der Waals surface area (Å²) in [5.41, 5.74) is 1.52. The Bertz CT molecular complexity index is 506. The Morgan fingerprint density at radius 2 is 1.43 bits per heavy atom. The van der Waals surface area contributed by atoms with Crippen LogP contribution in [-0.2, 0) is 9.59 Å². The smallest absolute Gasteiger partial charge is 0.238 e. The van der Waals surface area contributed by atoms with Gasteiger partial charge in [-0.2, -0.15) is 0 Å². The largest absolute Gasteiger partial charge is 0.326 e. The van der Waals surface area contributed by atoms with E-state index in [-0.39, 0.29) is 11.8 Å². The van der Waals surface area contributed by atoms with E-state index in [0.717, 1.165) is 30.9 Å². The molecule has 23 heavy (non-hydrogen) atoms. The molecule has 1 heterocycles. The number of carbonyl (C=O) groups is 2. The molecule has 5 heteroatoms. The van der Waals surface area contributed by atoms with Gasteiger partial charge in [0.05, 0.1) is 6.54 Å². The number of benzene rings is 1. The number of anilines is 2. The maximum absolute atomic E-state index is 12.1. The lowest BCUT2D eigenvalue weighted by molar-refractivity contribution is -0.117. The summed E-state index contributed by atoms with van der Waals surface area (Å²) in [6.07, 6.45) is 6.25. The van der Waals surface area contributed by atoms with Crippen LogP contribution >= 0.6 is 0 Å². The van der Waals surface area contributed by atoms with Crippen molar-refractivity contribution in [2.45, 2.75) is 45.4 Å². The molecular weight excluding hydrogens is 290 g/mol. The second-order valence-corrected chi connectivity index (χ2v) is 6.11. The molecule has 2 rings (SSSR count). The van der Waals surface area contributed by atoms with Gasteiger partial charge in [-0.25, -0.2) is 0 Å². The zero-order valence-corrected chi connectivity index (χ0v) is 13.9. The molecule has 0 saturated carbocycles. The number of likely N-dealkylation sites (tertiary alicyclic amines) is 1. The number of nitrogens with one attached hydrogen (secondary N) is 2. The molecule has 0 atom stereocenters. The fourth-order valence-electron chi connectivity index (χ4n) is 2.79. The van der Waals surface area contributed by atoms with Gasteiger partial charge in [-0.15, -0.1) is 0 Å². The molecule has 1 aromatic rings. The van der Waals surface area contributed by atoms with E-state index in [1.807, 2.05) is 31.2 Å². The Balaban J connectivity index is 1.80. The second kappa shape index (κ2) is 9.30. The van der Waals surface area contributed by atoms with Crippen molar-refractivity contribution in [2.75, 3.05) is 30.3 Å². The molecule has 1 aromatic carbocycles. The summed E-state index contributed by atoms with van der Waals surface area (Å²) in [6, 6.07) is 7.27. The molecule has 0 radical (unpaired) electrons. The molecule has 126 valence electrons. The quantitative estimate of drug-likeness (QED) is 0.846. The van der Waals surface area contributed by atoms with E-state index in [1.54, 1.807) is 0 Å². The zero-order valence-electron chi connectivity index (χ0n) is 13.9. The number of nitrogens with zero attached hydrogens (tertiary/aromatic N) is 1. The van der Waals surface area contributed by atoms with Gasteiger partial charge in [-0.05, 0) is 56.6 Å². The maximum Gasteiger partial charge on any atom is 0.238 e. The van der Waals surface area contributed by atoms with Gasteiger partial charge in [0, 0.05) is 17.8 Å². The van der Waals surface area contributed by atoms with Gasteiger partial charge in [0.25, 0.3) is 0 Å². The number of rotatable bonds is 6. The summed E-state index contributed by atoms with van der Waals surface area (Å²) in [7, 11) is 0. The van der Waals surface area contributed by atoms with Crippen LogP contribution in [0.3, 0.4) is 0 Å². The number of carbonyl (C=O) groups excluding carboxylic acids is 2. The molecule has 1 aliphatic heterocycles. The molecule has 5 nitrogen and oxygen atoms in total. The van der Waals surface area contributed by atoms with Crippen molar-refractivity contribution < 1.29 is 9.59 Å². The minimum atomic E-state index is 0.0189. The SMILES string of the molecule is CCCC(=O)Nc1ccc(NC(=O)CN2CCCCCC2)cc1. The van der Waals surface area contributed by atoms with Crippen molar-refractivity contribution in [1.82, 2.24) is 4.90 Å². The molecule has 2 N–H and O–H groups in total. The van der Waals surface area contributed by atoms with Crippen molar-refractivity contribution in [3.05, 3.63) is 24.3 Å². The summed E-state index contributed by atoms with van der Waals surface area (Å²) < 4.78 is 0. The minimum absolute atomic E-state index is 0.0189. The van der Waals surface area contributed by atoms with Crippen molar-refractivity contribution in [2.24, 2.45) is 0 Å². The molecule has 1 saturated heterocycles. The van der Waals surface area contributed by atoms with E-state index in [1.165, 1.54) is 25.7 Å². The highest BCUT2D eigenvalue weighted by atomic mass is 16.2. The summed E-state index contributed by atoms with van der Waals surface area (Å²) in [4.78, 5) is 25.9. The Morgan fingerprint density at radius 3 is 1.96 bits per heavy atom. The van der Waals surface area contributed by atoms with E-state index < -0.39 is 0 Å². The fraction of sp³-hybridized carbons (Fsp3) is 0.556. The lowest BCUT2D eigenvalue weighted by Crippen LogP contribution is -2.33. The van der Waals surface area contributed by atoms with Gasteiger partial charge in [0.2, 0.25) is 11.8 Å². The number of amides is 2. The summed E-state index contributed by atoms with van der Waals surface area (Å²) in [5.74, 6) is 0.0418. The maximum atomic E-state index is 12.1. The average molecular weight is 317 g/mol. The average Bonchev–Trinajstić information content (AvgIpc) is 2.78. The zero-order chi connectivity index (χ0) is 16.5. The Morgan fingerprint density at radius 1 is 0.913 bits per heavy atom. The molecular formula is C18H27N3O2. The standard InChI is InChI=1S/C18H27N3O2/c1-2-7-17(22)19-15-8-10-16(11-9-15)20-18(23)14-21-12-5-3-4-6-13-21/h8-11H,2-7,12-14H2,1H3,(H,19,22)(H,20,23). The molecule has 1 fully saturated rings. The Hall–Kier alpha value is -1.88. The van der Waals surface area contributed by atoms with Crippen LogP contribution in [0.25, 0.3) is 0 Å². The van der Waals surface area contributed by atoms with E-state index in [9.17, 15) is 9.59 Å². The number of hydrogen-bond donors (Lipinski definition) is 2. The molecule has 0 unspecified atom stereocenters. The number of hydrogen-bond acceptors (Lipinski definition) is 3. The van der Waals surface area contributed by atoms with Crippen LogP contribution in [0.4, 0.5) is 11.4 Å². The van der Waals surface area contributed by atoms with Crippen LogP contribution in [0, 0.1) is 0 Å². The predicted octanol–water partition coefficient (Wildman–Crippen LogP) is 3.24. The van der Waals surface area contributed by atoms with Crippen LogP contribution < -0.4 is 10.6 Å². The minimum Gasteiger partial charge on any atom is -0.326 e. The molecule has 0 aromatic heterocycles. The second-order valence-electron chi connectivity index (χ2n) is 6.11. The van der Waals surface area contributed by atoms with E-state index in [4.69, 9.17) is 0 Å². The van der Waals surface area contributed by atoms with Gasteiger partial charge in [0.15, 0.2) is 0 Å². The van der Waals surface area contributed by atoms with E-state index in [0.29, 0.717) is 13.0 Å². The van der Waals surface area contributed by atoms with Crippen molar-refractivity contribution >= 4 is 23.2 Å². The molecule has 0 bridgehead atoms. The monoisotopic (exact) mass is 317 g/mol. The highest BCUT2D eigenvalue weighted by molar-refractivity contribution is 5.93. The van der Waals surface area contributed by atoms with Crippen molar-refractivity contribution in [1.29, 1.82) is 0 Å². The van der Waals surface area contributed by atoms with Crippen molar-refractivity contribution in [3.8, 4) is 0 Å². The topological polar surface area (TPSA) is 61.4 Å². The first-order valence-electron chi connectivity index (χ1n) is 8.59. The Kier molecular flexibility index (Phi) is 7.07. The third-order valence-corrected chi connectivity index (χ3v) is 4.00. The van der Waals surface area contributed by atoms with E-state index in [2.05, 4.69) is 15.5 Å². The molecule has 1 aliphatic rings. The highest BCUT2D eigenvalue weighted by Crippen LogP contribution is 2.14. The molecule has 0 spiro atoms.